The van der Waals surface area contributed by atoms with Gasteiger partial charge in [0.25, 0.3) is 11.8 Å². The minimum absolute atomic E-state index is 0.191. The van der Waals surface area contributed by atoms with Crippen LogP contribution >= 0.6 is 0 Å². The Labute approximate surface area is 159 Å². The number of amides is 2. The van der Waals surface area contributed by atoms with E-state index in [4.69, 9.17) is 9.47 Å². The predicted molar refractivity (Wildman–Crippen MR) is 103 cm³/mol. The van der Waals surface area contributed by atoms with Crippen molar-refractivity contribution in [2.75, 3.05) is 26.9 Å². The normalized spacial score (nSPS) is 13.1. The van der Waals surface area contributed by atoms with E-state index < -0.39 is 0 Å². The summed E-state index contributed by atoms with van der Waals surface area (Å²) < 4.78 is 10.8. The highest BCUT2D eigenvalue weighted by Gasteiger charge is 2.34. The first-order chi connectivity index (χ1) is 13.2. The molecule has 0 unspecified atom stereocenters. The molecular weight excluding hydrogens is 342 g/mol. The molecular formula is C22H25NO4. The second-order valence-corrected chi connectivity index (χ2v) is 6.61. The molecule has 0 spiro atoms. The SMILES string of the molecule is COCCCCOc1cccc(CCCN2C(=O)c3ccccc3C2=O)c1. The fraction of sp³-hybridized carbons (Fsp3) is 0.364. The standard InChI is InChI=1S/C22H25NO4/c1-26-14-4-5-15-27-18-10-6-8-17(16-18)9-7-13-23-21(24)19-11-2-3-12-20(19)22(23)25/h2-3,6,8,10-12,16H,4-5,7,9,13-15H2,1H3. The van der Waals surface area contributed by atoms with Crippen molar-refractivity contribution >= 4 is 11.8 Å². The third-order valence-corrected chi connectivity index (χ3v) is 4.64. The molecule has 0 N–H and O–H groups in total. The van der Waals surface area contributed by atoms with Gasteiger partial charge in [-0.2, -0.15) is 0 Å². The van der Waals surface area contributed by atoms with Crippen LogP contribution in [0.2, 0.25) is 0 Å². The monoisotopic (exact) mass is 367 g/mol. The highest BCUT2D eigenvalue weighted by Crippen LogP contribution is 2.23. The summed E-state index contributed by atoms with van der Waals surface area (Å²) in [6.45, 7) is 1.84. The zero-order valence-electron chi connectivity index (χ0n) is 15.6. The number of ether oxygens (including phenoxy) is 2. The van der Waals surface area contributed by atoms with Gasteiger partial charge in [0.05, 0.1) is 17.7 Å². The number of methoxy groups -OCH3 is 1. The van der Waals surface area contributed by atoms with Gasteiger partial charge in [-0.3, -0.25) is 14.5 Å². The Balaban J connectivity index is 1.48. The maximum Gasteiger partial charge on any atom is 0.261 e. The molecule has 2 amide bonds. The Morgan fingerprint density at radius 3 is 2.26 bits per heavy atom. The first kappa shape index (κ1) is 19.1. The van der Waals surface area contributed by atoms with Gasteiger partial charge in [-0.1, -0.05) is 24.3 Å². The van der Waals surface area contributed by atoms with E-state index in [1.54, 1.807) is 31.4 Å². The van der Waals surface area contributed by atoms with Crippen molar-refractivity contribution in [3.05, 3.63) is 65.2 Å². The van der Waals surface area contributed by atoms with Crippen LogP contribution in [0, 0.1) is 0 Å². The maximum atomic E-state index is 12.4. The molecule has 5 nitrogen and oxygen atoms in total. The van der Waals surface area contributed by atoms with Crippen LogP contribution in [-0.4, -0.2) is 43.6 Å². The molecule has 1 aliphatic heterocycles. The van der Waals surface area contributed by atoms with E-state index in [9.17, 15) is 9.59 Å². The summed E-state index contributed by atoms with van der Waals surface area (Å²) in [5.74, 6) is 0.470. The first-order valence-electron chi connectivity index (χ1n) is 9.36. The third kappa shape index (κ3) is 4.74. The van der Waals surface area contributed by atoms with Gasteiger partial charge in [0, 0.05) is 20.3 Å². The van der Waals surface area contributed by atoms with Crippen LogP contribution in [0.25, 0.3) is 0 Å². The van der Waals surface area contributed by atoms with Crippen molar-refractivity contribution in [1.82, 2.24) is 4.90 Å². The minimum Gasteiger partial charge on any atom is -0.494 e. The quantitative estimate of drug-likeness (QED) is 0.474. The number of carbonyl (C=O) groups excluding carboxylic acids is 2. The number of carbonyl (C=O) groups is 2. The summed E-state index contributed by atoms with van der Waals surface area (Å²) in [6, 6.07) is 15.0. The number of benzene rings is 2. The summed E-state index contributed by atoms with van der Waals surface area (Å²) in [7, 11) is 1.70. The average Bonchev–Trinajstić information content (AvgIpc) is 2.93. The van der Waals surface area contributed by atoms with Gasteiger partial charge in [-0.25, -0.2) is 0 Å². The van der Waals surface area contributed by atoms with E-state index in [-0.39, 0.29) is 11.8 Å². The van der Waals surface area contributed by atoms with E-state index in [2.05, 4.69) is 0 Å². The minimum atomic E-state index is -0.191. The van der Waals surface area contributed by atoms with Crippen LogP contribution in [0.3, 0.4) is 0 Å². The lowest BCUT2D eigenvalue weighted by atomic mass is 10.1. The Kier molecular flexibility index (Phi) is 6.60. The summed E-state index contributed by atoms with van der Waals surface area (Å²) in [4.78, 5) is 26.1. The van der Waals surface area contributed by atoms with Crippen molar-refractivity contribution in [2.45, 2.75) is 25.7 Å². The number of imide groups is 1. The zero-order valence-corrected chi connectivity index (χ0v) is 15.6. The summed E-state index contributed by atoms with van der Waals surface area (Å²) in [5, 5.41) is 0. The highest BCUT2D eigenvalue weighted by molar-refractivity contribution is 6.21. The number of rotatable bonds is 10. The zero-order chi connectivity index (χ0) is 19.1. The molecule has 2 aromatic carbocycles. The van der Waals surface area contributed by atoms with E-state index >= 15 is 0 Å². The van der Waals surface area contributed by atoms with Gasteiger partial charge in [0.15, 0.2) is 0 Å². The second-order valence-electron chi connectivity index (χ2n) is 6.61. The van der Waals surface area contributed by atoms with Crippen molar-refractivity contribution in [2.24, 2.45) is 0 Å². The van der Waals surface area contributed by atoms with Gasteiger partial charge in [-0.05, 0) is 55.5 Å². The van der Waals surface area contributed by atoms with Gasteiger partial charge in [-0.15, -0.1) is 0 Å². The Morgan fingerprint density at radius 2 is 1.56 bits per heavy atom. The Bertz CT molecular complexity index is 767. The van der Waals surface area contributed by atoms with Crippen molar-refractivity contribution in [1.29, 1.82) is 0 Å². The number of hydrogen-bond donors (Lipinski definition) is 0. The lowest BCUT2D eigenvalue weighted by molar-refractivity contribution is 0.0652. The highest BCUT2D eigenvalue weighted by atomic mass is 16.5. The molecule has 0 bridgehead atoms. The van der Waals surface area contributed by atoms with E-state index in [0.29, 0.717) is 24.3 Å². The molecule has 0 saturated carbocycles. The number of nitrogens with zero attached hydrogens (tertiary/aromatic N) is 1. The second kappa shape index (κ2) is 9.33. The smallest absolute Gasteiger partial charge is 0.261 e. The fourth-order valence-electron chi connectivity index (χ4n) is 3.21. The summed E-state index contributed by atoms with van der Waals surface area (Å²) in [5.41, 5.74) is 2.15. The number of hydrogen-bond acceptors (Lipinski definition) is 4. The molecule has 0 fully saturated rings. The molecule has 1 heterocycles. The Morgan fingerprint density at radius 1 is 0.852 bits per heavy atom. The molecule has 0 aliphatic carbocycles. The molecule has 0 atom stereocenters. The summed E-state index contributed by atoms with van der Waals surface area (Å²) >= 11 is 0. The molecule has 142 valence electrons. The van der Waals surface area contributed by atoms with Gasteiger partial charge >= 0.3 is 0 Å². The van der Waals surface area contributed by atoms with Crippen molar-refractivity contribution in [3.8, 4) is 5.75 Å². The van der Waals surface area contributed by atoms with Gasteiger partial charge < -0.3 is 9.47 Å². The molecule has 1 aliphatic rings. The van der Waals surface area contributed by atoms with Crippen LogP contribution in [0.1, 0.15) is 45.5 Å². The molecule has 0 radical (unpaired) electrons. The van der Waals surface area contributed by atoms with Crippen molar-refractivity contribution in [3.63, 3.8) is 0 Å². The maximum absolute atomic E-state index is 12.4. The van der Waals surface area contributed by atoms with E-state index in [0.717, 1.165) is 43.6 Å². The largest absolute Gasteiger partial charge is 0.494 e. The average molecular weight is 367 g/mol. The van der Waals surface area contributed by atoms with Crippen LogP contribution in [0.5, 0.6) is 5.75 Å². The lowest BCUT2D eigenvalue weighted by Gasteiger charge is -2.14. The van der Waals surface area contributed by atoms with E-state index in [1.165, 1.54) is 4.90 Å². The third-order valence-electron chi connectivity index (χ3n) is 4.64. The van der Waals surface area contributed by atoms with Crippen LogP contribution < -0.4 is 4.74 Å². The topological polar surface area (TPSA) is 55.8 Å². The van der Waals surface area contributed by atoms with Crippen LogP contribution in [-0.2, 0) is 11.2 Å². The first-order valence-corrected chi connectivity index (χ1v) is 9.36. The number of aryl methyl sites for hydroxylation is 1. The number of fused-ring (bicyclic) bond motifs is 1. The Hall–Kier alpha value is -2.66. The molecule has 0 saturated heterocycles. The van der Waals surface area contributed by atoms with Gasteiger partial charge in [0.1, 0.15) is 5.75 Å². The van der Waals surface area contributed by atoms with E-state index in [1.807, 2.05) is 24.3 Å². The van der Waals surface area contributed by atoms with Crippen LogP contribution in [0.4, 0.5) is 0 Å². The van der Waals surface area contributed by atoms with Gasteiger partial charge in [0.2, 0.25) is 0 Å². The van der Waals surface area contributed by atoms with Crippen molar-refractivity contribution < 1.29 is 19.1 Å². The van der Waals surface area contributed by atoms with Crippen LogP contribution in [0.15, 0.2) is 48.5 Å². The fourth-order valence-corrected chi connectivity index (χ4v) is 3.21. The number of unbranched alkanes of at least 4 members (excludes halogenated alkanes) is 1. The predicted octanol–water partition coefficient (Wildman–Crippen LogP) is 3.72. The molecule has 0 aromatic heterocycles. The molecule has 2 aromatic rings. The molecule has 3 rings (SSSR count). The summed E-state index contributed by atoms with van der Waals surface area (Å²) in [6.07, 6.45) is 3.45. The lowest BCUT2D eigenvalue weighted by Crippen LogP contribution is -2.30. The molecule has 27 heavy (non-hydrogen) atoms. The molecule has 5 heteroatoms.